The molecular weight excluding hydrogens is 198 g/mol. The number of nitrogens with one attached hydrogen (secondary N) is 1. The molecule has 1 heterocycles. The number of hydrogen-bond donors (Lipinski definition) is 1. The van der Waals surface area contributed by atoms with Gasteiger partial charge in [-0.25, -0.2) is 0 Å². The number of hydrogen-bond acceptors (Lipinski definition) is 2. The Morgan fingerprint density at radius 1 is 1.19 bits per heavy atom. The molecule has 0 fully saturated rings. The summed E-state index contributed by atoms with van der Waals surface area (Å²) in [7, 11) is 2.01. The van der Waals surface area contributed by atoms with Crippen molar-refractivity contribution in [1.82, 2.24) is 5.32 Å². The second-order valence-electron chi connectivity index (χ2n) is 4.49. The Kier molecular flexibility index (Phi) is 6.24. The summed E-state index contributed by atoms with van der Waals surface area (Å²) < 4.78 is 5.65. The maximum absolute atomic E-state index is 5.65. The van der Waals surface area contributed by atoms with E-state index in [1.807, 2.05) is 20.0 Å². The summed E-state index contributed by atoms with van der Waals surface area (Å²) >= 11 is 0. The SMILES string of the molecule is CCCCCCCC(NC)c1ccc(C)o1. The molecular formula is C14H25NO. The van der Waals surface area contributed by atoms with Crippen LogP contribution in [-0.4, -0.2) is 7.05 Å². The molecule has 92 valence electrons. The fourth-order valence-electron chi connectivity index (χ4n) is 2.02. The van der Waals surface area contributed by atoms with Crippen LogP contribution in [0.1, 0.15) is 63.0 Å². The van der Waals surface area contributed by atoms with Crippen molar-refractivity contribution in [1.29, 1.82) is 0 Å². The van der Waals surface area contributed by atoms with E-state index in [4.69, 9.17) is 4.42 Å². The van der Waals surface area contributed by atoms with Crippen LogP contribution in [0.3, 0.4) is 0 Å². The van der Waals surface area contributed by atoms with Crippen LogP contribution < -0.4 is 5.32 Å². The minimum Gasteiger partial charge on any atom is -0.465 e. The normalized spacial score (nSPS) is 12.9. The van der Waals surface area contributed by atoms with Crippen molar-refractivity contribution in [2.24, 2.45) is 0 Å². The fraction of sp³-hybridized carbons (Fsp3) is 0.714. The maximum atomic E-state index is 5.65. The van der Waals surface area contributed by atoms with E-state index in [-0.39, 0.29) is 0 Å². The highest BCUT2D eigenvalue weighted by atomic mass is 16.3. The molecule has 0 aliphatic carbocycles. The Hall–Kier alpha value is -0.760. The average molecular weight is 223 g/mol. The molecule has 16 heavy (non-hydrogen) atoms. The van der Waals surface area contributed by atoms with Crippen LogP contribution in [0.15, 0.2) is 16.5 Å². The summed E-state index contributed by atoms with van der Waals surface area (Å²) in [5, 5.41) is 3.33. The lowest BCUT2D eigenvalue weighted by molar-refractivity contribution is 0.391. The Morgan fingerprint density at radius 2 is 1.94 bits per heavy atom. The van der Waals surface area contributed by atoms with Gasteiger partial charge < -0.3 is 9.73 Å². The van der Waals surface area contributed by atoms with Gasteiger partial charge in [0.15, 0.2) is 0 Å². The first kappa shape index (κ1) is 13.3. The molecule has 0 saturated carbocycles. The summed E-state index contributed by atoms with van der Waals surface area (Å²) in [4.78, 5) is 0. The van der Waals surface area contributed by atoms with Gasteiger partial charge in [0.05, 0.1) is 6.04 Å². The Labute approximate surface area is 99.4 Å². The molecule has 1 N–H and O–H groups in total. The zero-order valence-corrected chi connectivity index (χ0v) is 10.9. The van der Waals surface area contributed by atoms with Gasteiger partial charge >= 0.3 is 0 Å². The zero-order chi connectivity index (χ0) is 11.8. The fourth-order valence-corrected chi connectivity index (χ4v) is 2.02. The topological polar surface area (TPSA) is 25.2 Å². The molecule has 0 aliphatic rings. The molecule has 2 nitrogen and oxygen atoms in total. The lowest BCUT2D eigenvalue weighted by atomic mass is 10.0. The molecule has 2 heteroatoms. The van der Waals surface area contributed by atoms with Gasteiger partial charge in [0.25, 0.3) is 0 Å². The van der Waals surface area contributed by atoms with Crippen LogP contribution in [0, 0.1) is 6.92 Å². The molecule has 1 atom stereocenters. The molecule has 0 amide bonds. The highest BCUT2D eigenvalue weighted by Gasteiger charge is 2.11. The Bertz CT molecular complexity index is 280. The standard InChI is InChI=1S/C14H25NO/c1-4-5-6-7-8-9-13(15-3)14-11-10-12(2)16-14/h10-11,13,15H,4-9H2,1-3H3. The van der Waals surface area contributed by atoms with Gasteiger partial charge in [0, 0.05) is 0 Å². The van der Waals surface area contributed by atoms with Gasteiger partial charge in [0.2, 0.25) is 0 Å². The smallest absolute Gasteiger partial charge is 0.121 e. The lowest BCUT2D eigenvalue weighted by Gasteiger charge is -2.13. The van der Waals surface area contributed by atoms with Crippen LogP contribution in [-0.2, 0) is 0 Å². The largest absolute Gasteiger partial charge is 0.465 e. The highest BCUT2D eigenvalue weighted by molar-refractivity contribution is 5.09. The predicted octanol–water partition coefficient (Wildman–Crippen LogP) is 4.21. The van der Waals surface area contributed by atoms with Crippen LogP contribution in [0.5, 0.6) is 0 Å². The molecule has 0 spiro atoms. The number of unbranched alkanes of at least 4 members (excludes halogenated alkanes) is 4. The van der Waals surface area contributed by atoms with Crippen molar-refractivity contribution in [3.63, 3.8) is 0 Å². The van der Waals surface area contributed by atoms with Gasteiger partial charge in [-0.2, -0.15) is 0 Å². The first-order valence-electron chi connectivity index (χ1n) is 6.51. The predicted molar refractivity (Wildman–Crippen MR) is 68.6 cm³/mol. The van der Waals surface area contributed by atoms with Crippen LogP contribution in [0.25, 0.3) is 0 Å². The van der Waals surface area contributed by atoms with E-state index in [0.29, 0.717) is 6.04 Å². The van der Waals surface area contributed by atoms with Gasteiger partial charge in [0.1, 0.15) is 11.5 Å². The van der Waals surface area contributed by atoms with E-state index in [1.54, 1.807) is 0 Å². The minimum absolute atomic E-state index is 0.385. The van der Waals surface area contributed by atoms with Gasteiger partial charge in [-0.3, -0.25) is 0 Å². The number of rotatable bonds is 8. The van der Waals surface area contributed by atoms with Gasteiger partial charge in [-0.1, -0.05) is 39.0 Å². The van der Waals surface area contributed by atoms with Crippen molar-refractivity contribution in [3.8, 4) is 0 Å². The molecule has 1 aromatic heterocycles. The van der Waals surface area contributed by atoms with Gasteiger partial charge in [-0.05, 0) is 32.5 Å². The lowest BCUT2D eigenvalue weighted by Crippen LogP contribution is -2.15. The monoisotopic (exact) mass is 223 g/mol. The first-order chi connectivity index (χ1) is 7.77. The highest BCUT2D eigenvalue weighted by Crippen LogP contribution is 2.21. The molecule has 1 unspecified atom stereocenters. The van der Waals surface area contributed by atoms with E-state index in [1.165, 1.54) is 38.5 Å². The number of furan rings is 1. The average Bonchev–Trinajstić information content (AvgIpc) is 2.70. The molecule has 0 aliphatic heterocycles. The van der Waals surface area contributed by atoms with E-state index < -0.39 is 0 Å². The minimum atomic E-state index is 0.385. The van der Waals surface area contributed by atoms with Crippen LogP contribution >= 0.6 is 0 Å². The molecule has 0 bridgehead atoms. The summed E-state index contributed by atoms with van der Waals surface area (Å²) in [5.41, 5.74) is 0. The maximum Gasteiger partial charge on any atom is 0.121 e. The van der Waals surface area contributed by atoms with Crippen molar-refractivity contribution in [3.05, 3.63) is 23.7 Å². The quantitative estimate of drug-likeness (QED) is 0.668. The van der Waals surface area contributed by atoms with E-state index in [9.17, 15) is 0 Å². The molecule has 0 radical (unpaired) electrons. The second-order valence-corrected chi connectivity index (χ2v) is 4.49. The van der Waals surface area contributed by atoms with Crippen molar-refractivity contribution in [2.75, 3.05) is 7.05 Å². The molecule has 1 rings (SSSR count). The molecule has 0 saturated heterocycles. The Balaban J connectivity index is 2.27. The summed E-state index contributed by atoms with van der Waals surface area (Å²) in [6, 6.07) is 4.51. The van der Waals surface area contributed by atoms with Crippen molar-refractivity contribution >= 4 is 0 Å². The van der Waals surface area contributed by atoms with E-state index in [0.717, 1.165) is 11.5 Å². The first-order valence-corrected chi connectivity index (χ1v) is 6.51. The van der Waals surface area contributed by atoms with E-state index in [2.05, 4.69) is 18.3 Å². The Morgan fingerprint density at radius 3 is 2.50 bits per heavy atom. The number of aryl methyl sites for hydroxylation is 1. The summed E-state index contributed by atoms with van der Waals surface area (Å²) in [5.74, 6) is 2.08. The summed E-state index contributed by atoms with van der Waals surface area (Å²) in [6.07, 6.45) is 7.84. The third-order valence-electron chi connectivity index (χ3n) is 3.05. The van der Waals surface area contributed by atoms with Crippen molar-refractivity contribution in [2.45, 2.75) is 58.4 Å². The van der Waals surface area contributed by atoms with Crippen LogP contribution in [0.2, 0.25) is 0 Å². The second kappa shape index (κ2) is 7.50. The third-order valence-corrected chi connectivity index (χ3v) is 3.05. The van der Waals surface area contributed by atoms with Crippen molar-refractivity contribution < 1.29 is 4.42 Å². The van der Waals surface area contributed by atoms with E-state index >= 15 is 0 Å². The molecule has 1 aromatic rings. The molecule has 0 aromatic carbocycles. The van der Waals surface area contributed by atoms with Gasteiger partial charge in [-0.15, -0.1) is 0 Å². The third kappa shape index (κ3) is 4.40. The summed E-state index contributed by atoms with van der Waals surface area (Å²) in [6.45, 7) is 4.25. The van der Waals surface area contributed by atoms with Crippen LogP contribution in [0.4, 0.5) is 0 Å². The zero-order valence-electron chi connectivity index (χ0n) is 10.9.